The van der Waals surface area contributed by atoms with Crippen molar-refractivity contribution in [3.05, 3.63) is 47.8 Å². The van der Waals surface area contributed by atoms with E-state index < -0.39 is 17.9 Å². The number of methoxy groups -OCH3 is 1. The Bertz CT molecular complexity index is 679. The maximum absolute atomic E-state index is 12.1. The van der Waals surface area contributed by atoms with Gasteiger partial charge in [-0.15, -0.1) is 0 Å². The summed E-state index contributed by atoms with van der Waals surface area (Å²) in [6.07, 6.45) is 1.91. The number of ether oxygens (including phenoxy) is 1. The van der Waals surface area contributed by atoms with Gasteiger partial charge in [0.1, 0.15) is 6.04 Å². The van der Waals surface area contributed by atoms with Gasteiger partial charge in [0.2, 0.25) is 0 Å². The van der Waals surface area contributed by atoms with E-state index in [1.54, 1.807) is 35.1 Å². The van der Waals surface area contributed by atoms with E-state index in [1.165, 1.54) is 7.11 Å². The lowest BCUT2D eigenvalue weighted by atomic mass is 10.1. The number of nitrogens with zero attached hydrogens (tertiary/aromatic N) is 2. The quantitative estimate of drug-likeness (QED) is 0.805. The number of rotatable bonds is 7. The molecule has 2 N–H and O–H groups in total. The van der Waals surface area contributed by atoms with Crippen LogP contribution in [-0.4, -0.2) is 46.5 Å². The fraction of sp³-hybridized carbons (Fsp3) is 0.312. The van der Waals surface area contributed by atoms with Gasteiger partial charge in [-0.3, -0.25) is 4.79 Å². The highest BCUT2D eigenvalue weighted by atomic mass is 16.5. The summed E-state index contributed by atoms with van der Waals surface area (Å²) in [5, 5.41) is 15.8. The van der Waals surface area contributed by atoms with Gasteiger partial charge in [-0.1, -0.05) is 0 Å². The summed E-state index contributed by atoms with van der Waals surface area (Å²) in [4.78, 5) is 23.3. The third-order valence-corrected chi connectivity index (χ3v) is 3.42. The second-order valence-electron chi connectivity index (χ2n) is 5.08. The van der Waals surface area contributed by atoms with Crippen LogP contribution in [0.4, 0.5) is 0 Å². The van der Waals surface area contributed by atoms with E-state index in [4.69, 9.17) is 9.84 Å². The van der Waals surface area contributed by atoms with E-state index in [0.29, 0.717) is 5.56 Å². The number of aromatic nitrogens is 2. The maximum Gasteiger partial charge on any atom is 0.326 e. The first-order valence-corrected chi connectivity index (χ1v) is 7.16. The Hall–Kier alpha value is -2.67. The maximum atomic E-state index is 12.1. The van der Waals surface area contributed by atoms with Gasteiger partial charge in [0.25, 0.3) is 5.91 Å². The summed E-state index contributed by atoms with van der Waals surface area (Å²) < 4.78 is 6.60. The standard InChI is InChI=1S/C16H19N3O4/c1-11-7-9-17-19(11)13-5-3-12(4-6-13)15(20)18-14(16(21)22)8-10-23-2/h3-7,9,14H,8,10H2,1-2H3,(H,18,20)(H,21,22). The van der Waals surface area contributed by atoms with Gasteiger partial charge in [0.05, 0.1) is 5.69 Å². The monoisotopic (exact) mass is 317 g/mol. The summed E-state index contributed by atoms with van der Waals surface area (Å²) in [5.41, 5.74) is 2.20. The molecule has 0 bridgehead atoms. The number of aryl methyl sites for hydroxylation is 1. The van der Waals surface area contributed by atoms with Crippen LogP contribution in [0.3, 0.4) is 0 Å². The SMILES string of the molecule is COCCC(NC(=O)c1ccc(-n2nccc2C)cc1)C(=O)O. The summed E-state index contributed by atoms with van der Waals surface area (Å²) in [7, 11) is 1.48. The van der Waals surface area contributed by atoms with Gasteiger partial charge in [-0.2, -0.15) is 5.10 Å². The van der Waals surface area contributed by atoms with Crippen LogP contribution in [0.5, 0.6) is 0 Å². The van der Waals surface area contributed by atoms with Gasteiger partial charge >= 0.3 is 5.97 Å². The molecule has 2 rings (SSSR count). The molecule has 122 valence electrons. The Labute approximate surface area is 133 Å². The van der Waals surface area contributed by atoms with Gasteiger partial charge in [0, 0.05) is 37.6 Å². The fourth-order valence-corrected chi connectivity index (χ4v) is 2.13. The number of carboxylic acids is 1. The summed E-state index contributed by atoms with van der Waals surface area (Å²) in [6.45, 7) is 2.19. The van der Waals surface area contributed by atoms with Crippen molar-refractivity contribution in [3.8, 4) is 5.69 Å². The van der Waals surface area contributed by atoms with E-state index >= 15 is 0 Å². The predicted octanol–water partition coefficient (Wildman–Crippen LogP) is 1.40. The third-order valence-electron chi connectivity index (χ3n) is 3.42. The van der Waals surface area contributed by atoms with Crippen LogP contribution in [0, 0.1) is 6.92 Å². The van der Waals surface area contributed by atoms with Crippen molar-refractivity contribution in [3.63, 3.8) is 0 Å². The number of carbonyl (C=O) groups excluding carboxylic acids is 1. The number of nitrogens with one attached hydrogen (secondary N) is 1. The molecule has 7 heteroatoms. The molecule has 0 spiro atoms. The number of hydrogen-bond acceptors (Lipinski definition) is 4. The lowest BCUT2D eigenvalue weighted by molar-refractivity contribution is -0.139. The molecule has 0 aliphatic rings. The zero-order valence-electron chi connectivity index (χ0n) is 13.0. The summed E-state index contributed by atoms with van der Waals surface area (Å²) in [6, 6.07) is 7.71. The van der Waals surface area contributed by atoms with Crippen molar-refractivity contribution in [2.24, 2.45) is 0 Å². The van der Waals surface area contributed by atoms with Crippen LogP contribution < -0.4 is 5.32 Å². The number of carbonyl (C=O) groups is 2. The first-order chi connectivity index (χ1) is 11.0. The minimum atomic E-state index is -1.08. The number of hydrogen-bond donors (Lipinski definition) is 2. The normalized spacial score (nSPS) is 11.9. The zero-order chi connectivity index (χ0) is 16.8. The third kappa shape index (κ3) is 4.17. The van der Waals surface area contributed by atoms with Crippen LogP contribution in [0.2, 0.25) is 0 Å². The Morgan fingerprint density at radius 2 is 2.00 bits per heavy atom. The average Bonchev–Trinajstić information content (AvgIpc) is 2.97. The van der Waals surface area contributed by atoms with Crippen molar-refractivity contribution in [2.45, 2.75) is 19.4 Å². The van der Waals surface area contributed by atoms with Crippen molar-refractivity contribution in [1.82, 2.24) is 15.1 Å². The van der Waals surface area contributed by atoms with Crippen molar-refractivity contribution < 1.29 is 19.4 Å². The molecule has 0 fully saturated rings. The molecule has 7 nitrogen and oxygen atoms in total. The molecular weight excluding hydrogens is 298 g/mol. The molecule has 1 amide bonds. The molecule has 23 heavy (non-hydrogen) atoms. The highest BCUT2D eigenvalue weighted by Gasteiger charge is 2.20. The van der Waals surface area contributed by atoms with Crippen LogP contribution in [-0.2, 0) is 9.53 Å². The van der Waals surface area contributed by atoms with E-state index in [0.717, 1.165) is 11.4 Å². The molecular formula is C16H19N3O4. The molecule has 1 atom stereocenters. The molecule has 1 aromatic carbocycles. The number of benzene rings is 1. The molecule has 0 aliphatic carbocycles. The first-order valence-electron chi connectivity index (χ1n) is 7.16. The van der Waals surface area contributed by atoms with E-state index in [1.807, 2.05) is 13.0 Å². The average molecular weight is 317 g/mol. The number of carboxylic acid groups (broad SMARTS) is 1. The minimum absolute atomic E-state index is 0.210. The summed E-state index contributed by atoms with van der Waals surface area (Å²) >= 11 is 0. The molecule has 1 unspecified atom stereocenters. The van der Waals surface area contributed by atoms with Gasteiger partial charge in [0.15, 0.2) is 0 Å². The zero-order valence-corrected chi connectivity index (χ0v) is 13.0. The highest BCUT2D eigenvalue weighted by Crippen LogP contribution is 2.11. The first kappa shape index (κ1) is 16.7. The molecule has 1 heterocycles. The number of amides is 1. The summed E-state index contributed by atoms with van der Waals surface area (Å²) in [5.74, 6) is -1.52. The molecule has 0 radical (unpaired) electrons. The Morgan fingerprint density at radius 3 is 2.52 bits per heavy atom. The molecule has 0 saturated heterocycles. The minimum Gasteiger partial charge on any atom is -0.480 e. The van der Waals surface area contributed by atoms with Crippen molar-refractivity contribution in [1.29, 1.82) is 0 Å². The second kappa shape index (κ2) is 7.55. The Kier molecular flexibility index (Phi) is 5.48. The second-order valence-corrected chi connectivity index (χ2v) is 5.08. The molecule has 1 aromatic heterocycles. The largest absolute Gasteiger partial charge is 0.480 e. The van der Waals surface area contributed by atoms with Gasteiger partial charge in [-0.25, -0.2) is 9.48 Å². The highest BCUT2D eigenvalue weighted by molar-refractivity contribution is 5.96. The Morgan fingerprint density at radius 1 is 1.30 bits per heavy atom. The lowest BCUT2D eigenvalue weighted by Crippen LogP contribution is -2.41. The lowest BCUT2D eigenvalue weighted by Gasteiger charge is -2.14. The Balaban J connectivity index is 2.08. The van der Waals surface area contributed by atoms with E-state index in [-0.39, 0.29) is 13.0 Å². The topological polar surface area (TPSA) is 93.5 Å². The van der Waals surface area contributed by atoms with Gasteiger partial charge in [-0.05, 0) is 37.3 Å². The van der Waals surface area contributed by atoms with Crippen molar-refractivity contribution in [2.75, 3.05) is 13.7 Å². The van der Waals surface area contributed by atoms with Crippen LogP contribution in [0.15, 0.2) is 36.5 Å². The predicted molar refractivity (Wildman–Crippen MR) is 83.7 cm³/mol. The smallest absolute Gasteiger partial charge is 0.326 e. The van der Waals surface area contributed by atoms with Crippen LogP contribution >= 0.6 is 0 Å². The molecule has 2 aromatic rings. The van der Waals surface area contributed by atoms with Crippen molar-refractivity contribution >= 4 is 11.9 Å². The molecule has 0 saturated carbocycles. The van der Waals surface area contributed by atoms with E-state index in [9.17, 15) is 9.59 Å². The fourth-order valence-electron chi connectivity index (χ4n) is 2.13. The van der Waals surface area contributed by atoms with E-state index in [2.05, 4.69) is 10.4 Å². The van der Waals surface area contributed by atoms with Gasteiger partial charge < -0.3 is 15.2 Å². The number of aliphatic carboxylic acids is 1. The van der Waals surface area contributed by atoms with Crippen LogP contribution in [0.25, 0.3) is 5.69 Å². The molecule has 0 aliphatic heterocycles. The van der Waals surface area contributed by atoms with Crippen LogP contribution in [0.1, 0.15) is 22.5 Å².